The summed E-state index contributed by atoms with van der Waals surface area (Å²) in [5.41, 5.74) is 1.94. The second-order valence-electron chi connectivity index (χ2n) is 6.28. The Morgan fingerprint density at radius 1 is 1.31 bits per heavy atom. The molecule has 1 heterocycles. The van der Waals surface area contributed by atoms with E-state index in [4.69, 9.17) is 33.3 Å². The number of halogens is 1. The molecule has 1 aliphatic rings. The summed E-state index contributed by atoms with van der Waals surface area (Å²) in [5, 5.41) is 4.55. The Balaban J connectivity index is 1.75. The van der Waals surface area contributed by atoms with Crippen LogP contribution in [-0.2, 0) is 11.3 Å². The van der Waals surface area contributed by atoms with Crippen LogP contribution in [0, 0.1) is 0 Å². The van der Waals surface area contributed by atoms with Crippen LogP contribution in [0.2, 0.25) is 5.02 Å². The van der Waals surface area contributed by atoms with Gasteiger partial charge in [-0.2, -0.15) is 0 Å². The Bertz CT molecular complexity index is 750. The number of nitrogens with zero attached hydrogens (tertiary/aromatic N) is 1. The average Bonchev–Trinajstić information content (AvgIpc) is 3.16. The summed E-state index contributed by atoms with van der Waals surface area (Å²) < 4.78 is 11.1. The molecule has 1 atom stereocenters. The van der Waals surface area contributed by atoms with Crippen LogP contribution in [0.15, 0.2) is 48.5 Å². The fourth-order valence-electron chi connectivity index (χ4n) is 3.00. The largest absolute Gasteiger partial charge is 0.497 e. The molecular formula is C20H23ClN2O2S. The van der Waals surface area contributed by atoms with Crippen molar-refractivity contribution in [2.24, 2.45) is 0 Å². The van der Waals surface area contributed by atoms with E-state index in [1.165, 1.54) is 0 Å². The average molecular weight is 391 g/mol. The van der Waals surface area contributed by atoms with Crippen LogP contribution in [0.1, 0.15) is 18.4 Å². The zero-order valence-corrected chi connectivity index (χ0v) is 16.4. The van der Waals surface area contributed by atoms with Crippen LogP contribution in [0.3, 0.4) is 0 Å². The number of methoxy groups -OCH3 is 1. The van der Waals surface area contributed by atoms with Gasteiger partial charge in [-0.1, -0.05) is 35.9 Å². The summed E-state index contributed by atoms with van der Waals surface area (Å²) in [6, 6.07) is 15.6. The molecule has 0 saturated carbocycles. The van der Waals surface area contributed by atoms with Gasteiger partial charge in [0.05, 0.1) is 23.9 Å². The van der Waals surface area contributed by atoms with E-state index < -0.39 is 0 Å². The molecular weight excluding hydrogens is 368 g/mol. The van der Waals surface area contributed by atoms with Crippen molar-refractivity contribution in [3.05, 3.63) is 59.1 Å². The Labute approximate surface area is 165 Å². The smallest absolute Gasteiger partial charge is 0.173 e. The first-order valence-electron chi connectivity index (χ1n) is 8.70. The van der Waals surface area contributed by atoms with Crippen LogP contribution in [0.5, 0.6) is 5.75 Å². The summed E-state index contributed by atoms with van der Waals surface area (Å²) in [6.07, 6.45) is 2.36. The second-order valence-corrected chi connectivity index (χ2v) is 7.07. The highest BCUT2D eigenvalue weighted by atomic mass is 35.5. The summed E-state index contributed by atoms with van der Waals surface area (Å²) in [7, 11) is 1.67. The molecule has 0 spiro atoms. The summed E-state index contributed by atoms with van der Waals surface area (Å²) in [4.78, 5) is 2.13. The van der Waals surface area contributed by atoms with Crippen LogP contribution in [0.25, 0.3) is 0 Å². The molecule has 0 aliphatic carbocycles. The molecule has 2 aromatic carbocycles. The zero-order chi connectivity index (χ0) is 18.4. The molecule has 1 fully saturated rings. The SMILES string of the molecule is COc1cccc(CN(CC2CCCO2)C(=S)Nc2ccccc2Cl)c1. The van der Waals surface area contributed by atoms with Crippen LogP contribution in [0.4, 0.5) is 5.69 Å². The normalized spacial score (nSPS) is 16.3. The van der Waals surface area contributed by atoms with Gasteiger partial charge in [-0.05, 0) is 54.9 Å². The first-order valence-corrected chi connectivity index (χ1v) is 9.49. The molecule has 1 N–H and O–H groups in total. The molecule has 26 heavy (non-hydrogen) atoms. The summed E-state index contributed by atoms with van der Waals surface area (Å²) in [5.74, 6) is 0.838. The molecule has 6 heteroatoms. The van der Waals surface area contributed by atoms with Crippen molar-refractivity contribution in [2.75, 3.05) is 25.6 Å². The third-order valence-electron chi connectivity index (χ3n) is 4.36. The van der Waals surface area contributed by atoms with Crippen molar-refractivity contribution in [1.29, 1.82) is 0 Å². The number of thiocarbonyl (C=S) groups is 1. The molecule has 4 nitrogen and oxygen atoms in total. The number of rotatable bonds is 6. The minimum Gasteiger partial charge on any atom is -0.497 e. The fourth-order valence-corrected chi connectivity index (χ4v) is 3.43. The third-order valence-corrected chi connectivity index (χ3v) is 5.05. The van der Waals surface area contributed by atoms with Crippen molar-refractivity contribution >= 4 is 34.6 Å². The lowest BCUT2D eigenvalue weighted by Crippen LogP contribution is -2.39. The Morgan fingerprint density at radius 2 is 2.15 bits per heavy atom. The first-order chi connectivity index (χ1) is 12.7. The number of para-hydroxylation sites is 1. The van der Waals surface area contributed by atoms with Gasteiger partial charge in [-0.25, -0.2) is 0 Å². The quantitative estimate of drug-likeness (QED) is 0.721. The third kappa shape index (κ3) is 5.10. The molecule has 1 unspecified atom stereocenters. The van der Waals surface area contributed by atoms with Gasteiger partial charge >= 0.3 is 0 Å². The van der Waals surface area contributed by atoms with Gasteiger partial charge in [0.25, 0.3) is 0 Å². The van der Waals surface area contributed by atoms with Crippen molar-refractivity contribution in [3.63, 3.8) is 0 Å². The number of hydrogen-bond acceptors (Lipinski definition) is 3. The Kier molecular flexibility index (Phi) is 6.72. The lowest BCUT2D eigenvalue weighted by atomic mass is 10.2. The van der Waals surface area contributed by atoms with Crippen molar-refractivity contribution in [1.82, 2.24) is 4.90 Å². The van der Waals surface area contributed by atoms with Gasteiger partial charge in [0.15, 0.2) is 5.11 Å². The summed E-state index contributed by atoms with van der Waals surface area (Å²) in [6.45, 7) is 2.24. The van der Waals surface area contributed by atoms with E-state index in [1.807, 2.05) is 42.5 Å². The van der Waals surface area contributed by atoms with E-state index in [9.17, 15) is 0 Å². The van der Waals surface area contributed by atoms with Crippen molar-refractivity contribution in [2.45, 2.75) is 25.5 Å². The number of hydrogen-bond donors (Lipinski definition) is 1. The van der Waals surface area contributed by atoms with Gasteiger partial charge in [0, 0.05) is 19.7 Å². The van der Waals surface area contributed by atoms with E-state index in [-0.39, 0.29) is 6.10 Å². The zero-order valence-electron chi connectivity index (χ0n) is 14.8. The number of benzene rings is 2. The topological polar surface area (TPSA) is 33.7 Å². The lowest BCUT2D eigenvalue weighted by molar-refractivity contribution is 0.0905. The molecule has 3 rings (SSSR count). The highest BCUT2D eigenvalue weighted by Gasteiger charge is 2.21. The van der Waals surface area contributed by atoms with Crippen LogP contribution < -0.4 is 10.1 Å². The molecule has 0 bridgehead atoms. The van der Waals surface area contributed by atoms with Gasteiger partial charge in [0.2, 0.25) is 0 Å². The maximum absolute atomic E-state index is 6.26. The van der Waals surface area contributed by atoms with E-state index in [1.54, 1.807) is 7.11 Å². The Hall–Kier alpha value is -1.82. The fraction of sp³-hybridized carbons (Fsp3) is 0.350. The predicted octanol–water partition coefficient (Wildman–Crippen LogP) is 4.73. The van der Waals surface area contributed by atoms with Gasteiger partial charge in [-0.15, -0.1) is 0 Å². The molecule has 0 radical (unpaired) electrons. The highest BCUT2D eigenvalue weighted by molar-refractivity contribution is 7.80. The molecule has 0 amide bonds. The molecule has 0 aromatic heterocycles. The lowest BCUT2D eigenvalue weighted by Gasteiger charge is -2.28. The maximum Gasteiger partial charge on any atom is 0.173 e. The van der Waals surface area contributed by atoms with Crippen molar-refractivity contribution < 1.29 is 9.47 Å². The second kappa shape index (κ2) is 9.21. The highest BCUT2D eigenvalue weighted by Crippen LogP contribution is 2.23. The maximum atomic E-state index is 6.26. The minimum absolute atomic E-state index is 0.201. The van der Waals surface area contributed by atoms with Gasteiger partial charge < -0.3 is 19.7 Å². The Morgan fingerprint density at radius 3 is 2.88 bits per heavy atom. The first kappa shape index (κ1) is 19.0. The number of anilines is 1. The van der Waals surface area contributed by atoms with Gasteiger partial charge in [-0.3, -0.25) is 0 Å². The summed E-state index contributed by atoms with van der Waals surface area (Å²) >= 11 is 11.9. The molecule has 138 valence electrons. The van der Waals surface area contributed by atoms with Gasteiger partial charge in [0.1, 0.15) is 5.75 Å². The number of nitrogens with one attached hydrogen (secondary N) is 1. The standard InChI is InChI=1S/C20H23ClN2O2S/c1-24-16-7-4-6-15(12-16)13-23(14-17-8-5-11-25-17)20(26)22-19-10-3-2-9-18(19)21/h2-4,6-7,9-10,12,17H,5,8,11,13-14H2,1H3,(H,22,26). The van der Waals surface area contributed by atoms with E-state index in [0.29, 0.717) is 16.7 Å². The minimum atomic E-state index is 0.201. The molecule has 1 saturated heterocycles. The monoisotopic (exact) mass is 390 g/mol. The van der Waals surface area contributed by atoms with E-state index >= 15 is 0 Å². The van der Waals surface area contributed by atoms with Crippen LogP contribution in [-0.4, -0.2) is 36.4 Å². The van der Waals surface area contributed by atoms with Crippen molar-refractivity contribution in [3.8, 4) is 5.75 Å². The predicted molar refractivity (Wildman–Crippen MR) is 110 cm³/mol. The molecule has 1 aliphatic heterocycles. The molecule has 2 aromatic rings. The number of ether oxygens (including phenoxy) is 2. The van der Waals surface area contributed by atoms with E-state index in [0.717, 1.165) is 43.0 Å². The van der Waals surface area contributed by atoms with E-state index in [2.05, 4.69) is 16.3 Å². The van der Waals surface area contributed by atoms with Crippen LogP contribution >= 0.6 is 23.8 Å².